The maximum Gasteiger partial charge on any atom is 0.413 e. The lowest BCUT2D eigenvalue weighted by atomic mass is 10.0. The highest BCUT2D eigenvalue weighted by atomic mass is 19.1. The normalized spacial score (nSPS) is 23.4. The average Bonchev–Trinajstić information content (AvgIpc) is 2.76. The molecule has 0 bridgehead atoms. The van der Waals surface area contributed by atoms with E-state index < -0.39 is 36.2 Å². The summed E-state index contributed by atoms with van der Waals surface area (Å²) in [7, 11) is 0. The zero-order valence-electron chi connectivity index (χ0n) is 14.9. The van der Waals surface area contributed by atoms with Crippen molar-refractivity contribution < 1.29 is 23.8 Å². The number of ether oxygens (including phenoxy) is 2. The molecule has 0 unspecified atom stereocenters. The topological polar surface area (TPSA) is 59.0 Å². The SMILES string of the molecule is CC(C)(C)OC(=O)N1[C@H](CF)[C@@H](c2ccc(CO)cc2)OC1(C)C. The van der Waals surface area contributed by atoms with Crippen molar-refractivity contribution in [2.75, 3.05) is 6.67 Å². The molecular formula is C18H26FNO4. The van der Waals surface area contributed by atoms with E-state index in [4.69, 9.17) is 14.6 Å². The second-order valence-corrected chi connectivity index (χ2v) is 7.46. The van der Waals surface area contributed by atoms with Crippen LogP contribution in [0.3, 0.4) is 0 Å². The number of carbonyl (C=O) groups is 1. The number of amides is 1. The molecule has 2 atom stereocenters. The van der Waals surface area contributed by atoms with Crippen molar-refractivity contribution in [3.05, 3.63) is 35.4 Å². The fraction of sp³-hybridized carbons (Fsp3) is 0.611. The summed E-state index contributed by atoms with van der Waals surface area (Å²) in [5.74, 6) is 0. The second-order valence-electron chi connectivity index (χ2n) is 7.46. The summed E-state index contributed by atoms with van der Waals surface area (Å²) in [5, 5.41) is 9.14. The number of carbonyl (C=O) groups excluding carboxylic acids is 1. The lowest BCUT2D eigenvalue weighted by Crippen LogP contribution is -2.50. The van der Waals surface area contributed by atoms with Gasteiger partial charge in [-0.05, 0) is 45.7 Å². The molecule has 1 aromatic rings. The number of benzene rings is 1. The van der Waals surface area contributed by atoms with Crippen LogP contribution in [0.15, 0.2) is 24.3 Å². The van der Waals surface area contributed by atoms with Gasteiger partial charge in [0.25, 0.3) is 0 Å². The van der Waals surface area contributed by atoms with Gasteiger partial charge in [0, 0.05) is 0 Å². The largest absolute Gasteiger partial charge is 0.444 e. The zero-order valence-corrected chi connectivity index (χ0v) is 14.9. The highest BCUT2D eigenvalue weighted by Crippen LogP contribution is 2.42. The number of aliphatic hydroxyl groups is 1. The van der Waals surface area contributed by atoms with Gasteiger partial charge in [-0.25, -0.2) is 9.18 Å². The minimum Gasteiger partial charge on any atom is -0.444 e. The Labute approximate surface area is 142 Å². The van der Waals surface area contributed by atoms with Crippen molar-refractivity contribution in [2.24, 2.45) is 0 Å². The van der Waals surface area contributed by atoms with E-state index in [0.717, 1.165) is 11.1 Å². The molecule has 134 valence electrons. The summed E-state index contributed by atoms with van der Waals surface area (Å²) in [5.41, 5.74) is -0.139. The highest BCUT2D eigenvalue weighted by molar-refractivity contribution is 5.70. The summed E-state index contributed by atoms with van der Waals surface area (Å²) in [6, 6.07) is 6.32. The Morgan fingerprint density at radius 1 is 1.33 bits per heavy atom. The first-order valence-electron chi connectivity index (χ1n) is 8.05. The van der Waals surface area contributed by atoms with Crippen LogP contribution >= 0.6 is 0 Å². The fourth-order valence-corrected chi connectivity index (χ4v) is 2.90. The van der Waals surface area contributed by atoms with Crippen LogP contribution in [0.25, 0.3) is 0 Å². The highest BCUT2D eigenvalue weighted by Gasteiger charge is 2.51. The predicted octanol–water partition coefficient (Wildman–Crippen LogP) is 3.56. The smallest absolute Gasteiger partial charge is 0.413 e. The summed E-state index contributed by atoms with van der Waals surface area (Å²) in [6.07, 6.45) is -1.19. The van der Waals surface area contributed by atoms with E-state index >= 15 is 0 Å². The molecule has 0 radical (unpaired) electrons. The lowest BCUT2D eigenvalue weighted by Gasteiger charge is -2.34. The number of halogens is 1. The Balaban J connectivity index is 2.30. The average molecular weight is 339 g/mol. The number of hydrogen-bond donors (Lipinski definition) is 1. The number of alkyl halides is 1. The Morgan fingerprint density at radius 3 is 2.38 bits per heavy atom. The van der Waals surface area contributed by atoms with Gasteiger partial charge in [0.15, 0.2) is 0 Å². The van der Waals surface area contributed by atoms with E-state index in [1.807, 2.05) is 0 Å². The molecule has 1 aromatic carbocycles. The molecule has 1 N–H and O–H groups in total. The molecule has 2 rings (SSSR count). The van der Waals surface area contributed by atoms with Crippen molar-refractivity contribution in [3.8, 4) is 0 Å². The van der Waals surface area contributed by atoms with Gasteiger partial charge in [-0.3, -0.25) is 4.90 Å². The number of rotatable bonds is 3. The maximum atomic E-state index is 13.8. The lowest BCUT2D eigenvalue weighted by molar-refractivity contribution is -0.0797. The van der Waals surface area contributed by atoms with Crippen LogP contribution in [-0.2, 0) is 16.1 Å². The van der Waals surface area contributed by atoms with Crippen LogP contribution in [0.4, 0.5) is 9.18 Å². The summed E-state index contributed by atoms with van der Waals surface area (Å²) in [4.78, 5) is 13.9. The van der Waals surface area contributed by atoms with Crippen molar-refractivity contribution in [1.82, 2.24) is 4.90 Å². The molecule has 0 saturated carbocycles. The number of aliphatic hydroxyl groups excluding tert-OH is 1. The van der Waals surface area contributed by atoms with Crippen LogP contribution in [0.1, 0.15) is 51.8 Å². The van der Waals surface area contributed by atoms with Crippen molar-refractivity contribution in [2.45, 2.75) is 64.7 Å². The van der Waals surface area contributed by atoms with Crippen LogP contribution < -0.4 is 0 Å². The van der Waals surface area contributed by atoms with Gasteiger partial charge in [0.2, 0.25) is 0 Å². The Morgan fingerprint density at radius 2 is 1.92 bits per heavy atom. The van der Waals surface area contributed by atoms with Crippen LogP contribution in [0.2, 0.25) is 0 Å². The van der Waals surface area contributed by atoms with E-state index in [1.54, 1.807) is 58.9 Å². The second kappa shape index (κ2) is 6.69. The summed E-state index contributed by atoms with van der Waals surface area (Å²) < 4.78 is 25.2. The third kappa shape index (κ3) is 3.87. The van der Waals surface area contributed by atoms with Crippen molar-refractivity contribution >= 4 is 6.09 Å². The molecule has 5 nitrogen and oxygen atoms in total. The first kappa shape index (κ1) is 18.7. The number of nitrogens with zero attached hydrogens (tertiary/aromatic N) is 1. The molecule has 24 heavy (non-hydrogen) atoms. The van der Waals surface area contributed by atoms with E-state index in [9.17, 15) is 9.18 Å². The third-order valence-corrected chi connectivity index (χ3v) is 3.92. The molecule has 0 spiro atoms. The van der Waals surface area contributed by atoms with Gasteiger partial charge in [-0.1, -0.05) is 24.3 Å². The molecule has 1 aliphatic rings. The standard InChI is InChI=1S/C18H26FNO4/c1-17(2,3)24-16(22)20-14(10-19)15(23-18(20,4)5)13-8-6-12(11-21)7-9-13/h6-9,14-15,21H,10-11H2,1-5H3/t14-,15-/m1/s1. The van der Waals surface area contributed by atoms with E-state index in [2.05, 4.69) is 0 Å². The van der Waals surface area contributed by atoms with Crippen LogP contribution in [-0.4, -0.2) is 40.1 Å². The number of hydrogen-bond acceptors (Lipinski definition) is 4. The Bertz CT molecular complexity index is 580. The van der Waals surface area contributed by atoms with E-state index in [-0.39, 0.29) is 6.61 Å². The van der Waals surface area contributed by atoms with Gasteiger partial charge < -0.3 is 14.6 Å². The van der Waals surface area contributed by atoms with Crippen LogP contribution in [0, 0.1) is 0 Å². The molecule has 1 amide bonds. The van der Waals surface area contributed by atoms with E-state index in [1.165, 1.54) is 4.90 Å². The van der Waals surface area contributed by atoms with Crippen LogP contribution in [0.5, 0.6) is 0 Å². The summed E-state index contributed by atoms with van der Waals surface area (Å²) in [6.45, 7) is 7.95. The molecule has 0 aromatic heterocycles. The van der Waals surface area contributed by atoms with Crippen molar-refractivity contribution in [1.29, 1.82) is 0 Å². The van der Waals surface area contributed by atoms with Gasteiger partial charge in [0.05, 0.1) is 12.6 Å². The Kier molecular flexibility index (Phi) is 5.20. The third-order valence-electron chi connectivity index (χ3n) is 3.92. The first-order chi connectivity index (χ1) is 11.1. The maximum absolute atomic E-state index is 13.8. The molecular weight excluding hydrogens is 313 g/mol. The summed E-state index contributed by atoms with van der Waals surface area (Å²) >= 11 is 0. The molecule has 1 fully saturated rings. The zero-order chi connectivity index (χ0) is 18.1. The molecule has 1 heterocycles. The minimum atomic E-state index is -0.987. The van der Waals surface area contributed by atoms with Gasteiger partial charge in [0.1, 0.15) is 24.1 Å². The first-order valence-corrected chi connectivity index (χ1v) is 8.05. The minimum absolute atomic E-state index is 0.0616. The van der Waals surface area contributed by atoms with Gasteiger partial charge in [-0.15, -0.1) is 0 Å². The quantitative estimate of drug-likeness (QED) is 0.915. The molecule has 1 saturated heterocycles. The molecule has 6 heteroatoms. The van der Waals surface area contributed by atoms with Crippen molar-refractivity contribution in [3.63, 3.8) is 0 Å². The Hall–Kier alpha value is -1.66. The predicted molar refractivity (Wildman–Crippen MR) is 88.1 cm³/mol. The van der Waals surface area contributed by atoms with Gasteiger partial charge in [-0.2, -0.15) is 0 Å². The van der Waals surface area contributed by atoms with E-state index in [0.29, 0.717) is 0 Å². The molecule has 0 aliphatic carbocycles. The monoisotopic (exact) mass is 339 g/mol. The van der Waals surface area contributed by atoms with Gasteiger partial charge >= 0.3 is 6.09 Å². The molecule has 1 aliphatic heterocycles. The fourth-order valence-electron chi connectivity index (χ4n) is 2.90.